The largest absolute Gasteiger partial charge is 0.457 e. The fourth-order valence-electron chi connectivity index (χ4n) is 2.32. The van der Waals surface area contributed by atoms with Crippen LogP contribution < -0.4 is 15.8 Å². The molecular weight excluding hydrogens is 332 g/mol. The van der Waals surface area contributed by atoms with Gasteiger partial charge in [0.05, 0.1) is 5.56 Å². The number of nitrogens with one attached hydrogen (secondary N) is 1. The Labute approximate surface area is 148 Å². The molecule has 1 amide bonds. The summed E-state index contributed by atoms with van der Waals surface area (Å²) in [5.41, 5.74) is 7.30. The van der Waals surface area contributed by atoms with Crippen molar-refractivity contribution in [3.63, 3.8) is 0 Å². The van der Waals surface area contributed by atoms with Crippen LogP contribution in [0.25, 0.3) is 5.65 Å². The normalized spacial score (nSPS) is 10.6. The van der Waals surface area contributed by atoms with E-state index in [2.05, 4.69) is 20.4 Å². The Balaban J connectivity index is 1.54. The van der Waals surface area contributed by atoms with Crippen LogP contribution in [0.15, 0.2) is 67.1 Å². The van der Waals surface area contributed by atoms with Gasteiger partial charge in [-0.1, -0.05) is 0 Å². The zero-order valence-electron chi connectivity index (χ0n) is 13.5. The van der Waals surface area contributed by atoms with E-state index in [1.165, 1.54) is 6.20 Å². The number of amides is 1. The predicted molar refractivity (Wildman–Crippen MR) is 96.1 cm³/mol. The third-order valence-corrected chi connectivity index (χ3v) is 3.57. The summed E-state index contributed by atoms with van der Waals surface area (Å²) in [5, 5.41) is 6.87. The number of nitrogens with two attached hydrogens (primary N) is 1. The number of rotatable bonds is 4. The van der Waals surface area contributed by atoms with Crippen LogP contribution in [-0.2, 0) is 0 Å². The average Bonchev–Trinajstić information content (AvgIpc) is 3.06. The summed E-state index contributed by atoms with van der Waals surface area (Å²) in [4.78, 5) is 20.4. The van der Waals surface area contributed by atoms with E-state index in [0.717, 1.165) is 0 Å². The smallest absolute Gasteiger partial charge is 0.259 e. The highest BCUT2D eigenvalue weighted by atomic mass is 16.5. The highest BCUT2D eigenvalue weighted by Gasteiger charge is 2.11. The van der Waals surface area contributed by atoms with Crippen LogP contribution in [0.4, 0.5) is 11.6 Å². The summed E-state index contributed by atoms with van der Waals surface area (Å²) in [6.07, 6.45) is 4.78. The molecule has 1 aromatic carbocycles. The molecule has 3 heterocycles. The minimum atomic E-state index is -0.327. The van der Waals surface area contributed by atoms with Crippen LogP contribution in [0.2, 0.25) is 0 Å². The fraction of sp³-hybridized carbons (Fsp3) is 0. The predicted octanol–water partition coefficient (Wildman–Crippen LogP) is 2.75. The van der Waals surface area contributed by atoms with Crippen molar-refractivity contribution in [3.05, 3.63) is 72.7 Å². The van der Waals surface area contributed by atoms with Gasteiger partial charge in [0.25, 0.3) is 5.91 Å². The first kappa shape index (κ1) is 15.6. The van der Waals surface area contributed by atoms with Crippen LogP contribution >= 0.6 is 0 Å². The Morgan fingerprint density at radius 3 is 2.73 bits per heavy atom. The van der Waals surface area contributed by atoms with Crippen LogP contribution in [0, 0.1) is 0 Å². The molecule has 0 fully saturated rings. The minimum Gasteiger partial charge on any atom is -0.457 e. The van der Waals surface area contributed by atoms with Crippen molar-refractivity contribution in [1.29, 1.82) is 0 Å². The molecule has 0 atom stereocenters. The molecule has 8 heteroatoms. The number of carbonyl (C=O) groups is 1. The molecule has 8 nitrogen and oxygen atoms in total. The average molecular weight is 346 g/mol. The number of carbonyl (C=O) groups excluding carboxylic acids is 1. The number of aromatic nitrogens is 4. The summed E-state index contributed by atoms with van der Waals surface area (Å²) in [7, 11) is 0. The van der Waals surface area contributed by atoms with E-state index in [0.29, 0.717) is 28.4 Å². The maximum Gasteiger partial charge on any atom is 0.259 e. The zero-order chi connectivity index (χ0) is 17.9. The first-order valence-electron chi connectivity index (χ1n) is 7.78. The Kier molecular flexibility index (Phi) is 3.91. The number of ether oxygens (including phenoxy) is 1. The number of nitrogen functional groups attached to an aromatic ring is 1. The summed E-state index contributed by atoms with van der Waals surface area (Å²) in [6, 6.07) is 13.9. The molecule has 0 bridgehead atoms. The van der Waals surface area contributed by atoms with Gasteiger partial charge < -0.3 is 10.5 Å². The lowest BCUT2D eigenvalue weighted by Crippen LogP contribution is -2.13. The van der Waals surface area contributed by atoms with Crippen LogP contribution in [0.5, 0.6) is 11.5 Å². The topological polar surface area (TPSA) is 107 Å². The second-order valence-electron chi connectivity index (χ2n) is 5.47. The lowest BCUT2D eigenvalue weighted by atomic mass is 10.3. The minimum absolute atomic E-state index is 0.198. The maximum atomic E-state index is 12.2. The van der Waals surface area contributed by atoms with E-state index in [1.807, 2.05) is 0 Å². The maximum absolute atomic E-state index is 12.2. The van der Waals surface area contributed by atoms with Crippen molar-refractivity contribution in [1.82, 2.24) is 19.6 Å². The molecule has 0 unspecified atom stereocenters. The number of nitrogens with zero attached hydrogens (tertiary/aromatic N) is 4. The van der Waals surface area contributed by atoms with Gasteiger partial charge in [0.1, 0.15) is 11.5 Å². The first-order valence-corrected chi connectivity index (χ1v) is 7.78. The summed E-state index contributed by atoms with van der Waals surface area (Å²) in [6.45, 7) is 0. The van der Waals surface area contributed by atoms with E-state index in [9.17, 15) is 4.79 Å². The van der Waals surface area contributed by atoms with Gasteiger partial charge >= 0.3 is 0 Å². The Hall–Kier alpha value is -3.94. The molecular formula is C18H14N6O2. The van der Waals surface area contributed by atoms with Crippen molar-refractivity contribution in [2.45, 2.75) is 0 Å². The molecule has 0 saturated carbocycles. The van der Waals surface area contributed by atoms with Gasteiger partial charge in [-0.2, -0.15) is 4.98 Å². The van der Waals surface area contributed by atoms with Crippen molar-refractivity contribution < 1.29 is 9.53 Å². The molecule has 26 heavy (non-hydrogen) atoms. The fourth-order valence-corrected chi connectivity index (χ4v) is 2.32. The van der Waals surface area contributed by atoms with E-state index in [1.54, 1.807) is 65.4 Å². The van der Waals surface area contributed by atoms with Gasteiger partial charge in [0.15, 0.2) is 5.65 Å². The Bertz CT molecular complexity index is 1060. The Morgan fingerprint density at radius 2 is 1.96 bits per heavy atom. The van der Waals surface area contributed by atoms with Gasteiger partial charge in [-0.05, 0) is 42.5 Å². The third kappa shape index (κ3) is 3.29. The van der Waals surface area contributed by atoms with Gasteiger partial charge in [0, 0.05) is 30.3 Å². The number of benzene rings is 1. The van der Waals surface area contributed by atoms with E-state index in [4.69, 9.17) is 10.5 Å². The van der Waals surface area contributed by atoms with Gasteiger partial charge in [0.2, 0.25) is 5.95 Å². The molecule has 4 rings (SSSR count). The standard InChI is InChI=1S/C18H14N6O2/c19-13-3-5-14(6-4-13)26-15-7-9-24-16(10-15)21-18(23-24)22-17(25)12-2-1-8-20-11-12/h1-11H,19H2,(H,22,23,25). The van der Waals surface area contributed by atoms with E-state index in [-0.39, 0.29) is 11.9 Å². The van der Waals surface area contributed by atoms with E-state index >= 15 is 0 Å². The zero-order valence-corrected chi connectivity index (χ0v) is 13.5. The lowest BCUT2D eigenvalue weighted by molar-refractivity contribution is 0.102. The molecule has 3 N–H and O–H groups in total. The quantitative estimate of drug-likeness (QED) is 0.550. The van der Waals surface area contributed by atoms with Gasteiger partial charge in [-0.3, -0.25) is 15.1 Å². The van der Waals surface area contributed by atoms with E-state index < -0.39 is 0 Å². The molecule has 3 aromatic heterocycles. The number of hydrogen-bond donors (Lipinski definition) is 2. The van der Waals surface area contributed by atoms with Crippen molar-refractivity contribution >= 4 is 23.2 Å². The molecule has 128 valence electrons. The van der Waals surface area contributed by atoms with Crippen LogP contribution in [0.3, 0.4) is 0 Å². The van der Waals surface area contributed by atoms with Crippen molar-refractivity contribution in [2.24, 2.45) is 0 Å². The van der Waals surface area contributed by atoms with Crippen molar-refractivity contribution in [2.75, 3.05) is 11.1 Å². The number of pyridine rings is 2. The lowest BCUT2D eigenvalue weighted by Gasteiger charge is -2.05. The molecule has 0 aliphatic rings. The highest BCUT2D eigenvalue weighted by molar-refractivity contribution is 6.03. The van der Waals surface area contributed by atoms with Crippen LogP contribution in [0.1, 0.15) is 10.4 Å². The highest BCUT2D eigenvalue weighted by Crippen LogP contribution is 2.23. The molecule has 0 aliphatic heterocycles. The Morgan fingerprint density at radius 1 is 1.12 bits per heavy atom. The SMILES string of the molecule is Nc1ccc(Oc2ccn3nc(NC(=O)c4cccnc4)nc3c2)cc1. The van der Waals surface area contributed by atoms with Crippen LogP contribution in [-0.4, -0.2) is 25.5 Å². The number of fused-ring (bicyclic) bond motifs is 1. The third-order valence-electron chi connectivity index (χ3n) is 3.57. The molecule has 0 radical (unpaired) electrons. The molecule has 0 saturated heterocycles. The number of hydrogen-bond acceptors (Lipinski definition) is 6. The molecule has 4 aromatic rings. The molecule has 0 spiro atoms. The van der Waals surface area contributed by atoms with Gasteiger partial charge in [-0.25, -0.2) is 4.52 Å². The monoisotopic (exact) mass is 346 g/mol. The van der Waals surface area contributed by atoms with Gasteiger partial charge in [-0.15, -0.1) is 5.10 Å². The second-order valence-corrected chi connectivity index (χ2v) is 5.47. The summed E-state index contributed by atoms with van der Waals surface area (Å²) in [5.74, 6) is 1.13. The number of anilines is 2. The summed E-state index contributed by atoms with van der Waals surface area (Å²) >= 11 is 0. The second kappa shape index (κ2) is 6.52. The first-order chi connectivity index (χ1) is 12.7. The summed E-state index contributed by atoms with van der Waals surface area (Å²) < 4.78 is 7.32. The van der Waals surface area contributed by atoms with Crippen molar-refractivity contribution in [3.8, 4) is 11.5 Å². The molecule has 0 aliphatic carbocycles.